The van der Waals surface area contributed by atoms with Crippen molar-refractivity contribution in [1.82, 2.24) is 5.32 Å². The first-order chi connectivity index (χ1) is 12.5. The third-order valence-electron chi connectivity index (χ3n) is 4.54. The molecule has 1 unspecified atom stereocenters. The third kappa shape index (κ3) is 3.91. The number of nitrogens with one attached hydrogen (secondary N) is 1. The minimum atomic E-state index is -0.568. The number of morpholine rings is 1. The predicted octanol–water partition coefficient (Wildman–Crippen LogP) is 2.60. The molecule has 1 atom stereocenters. The third-order valence-corrected chi connectivity index (χ3v) is 4.54. The summed E-state index contributed by atoms with van der Waals surface area (Å²) in [6, 6.07) is 11.7. The van der Waals surface area contributed by atoms with Crippen LogP contribution in [0.1, 0.15) is 21.5 Å². The Kier molecular flexibility index (Phi) is 5.32. The van der Waals surface area contributed by atoms with Gasteiger partial charge in [-0.05, 0) is 49.2 Å². The van der Waals surface area contributed by atoms with E-state index in [9.17, 15) is 14.0 Å². The van der Waals surface area contributed by atoms with Gasteiger partial charge < -0.3 is 15.0 Å². The maximum absolute atomic E-state index is 13.7. The summed E-state index contributed by atoms with van der Waals surface area (Å²) in [5.41, 5.74) is 3.06. The van der Waals surface area contributed by atoms with Gasteiger partial charge in [-0.15, -0.1) is 0 Å². The number of ether oxygens (including phenoxy) is 1. The van der Waals surface area contributed by atoms with Gasteiger partial charge in [-0.1, -0.05) is 18.2 Å². The van der Waals surface area contributed by atoms with Gasteiger partial charge in [0.1, 0.15) is 12.4 Å². The molecular weight excluding hydrogens is 335 g/mol. The van der Waals surface area contributed by atoms with E-state index in [1.807, 2.05) is 32.0 Å². The van der Waals surface area contributed by atoms with E-state index in [2.05, 4.69) is 5.32 Å². The molecule has 1 saturated heterocycles. The molecule has 1 aliphatic heterocycles. The van der Waals surface area contributed by atoms with Crippen LogP contribution in [0.4, 0.5) is 10.1 Å². The molecule has 26 heavy (non-hydrogen) atoms. The fraction of sp³-hybridized carbons (Fsp3) is 0.300. The summed E-state index contributed by atoms with van der Waals surface area (Å²) in [5, 5.41) is 2.67. The number of carbonyl (C=O) groups excluding carboxylic acids is 2. The number of halogens is 1. The zero-order valence-corrected chi connectivity index (χ0v) is 14.8. The normalized spacial score (nSPS) is 17.3. The number of hydrogen-bond donors (Lipinski definition) is 1. The van der Waals surface area contributed by atoms with Crippen molar-refractivity contribution in [3.05, 3.63) is 65.0 Å². The van der Waals surface area contributed by atoms with Gasteiger partial charge in [0.15, 0.2) is 0 Å². The molecule has 1 aliphatic rings. The van der Waals surface area contributed by atoms with Gasteiger partial charge in [-0.2, -0.15) is 0 Å². The number of anilines is 1. The number of amides is 2. The van der Waals surface area contributed by atoms with Gasteiger partial charge in [0, 0.05) is 12.2 Å². The van der Waals surface area contributed by atoms with E-state index in [-0.39, 0.29) is 30.7 Å². The van der Waals surface area contributed by atoms with Crippen LogP contribution >= 0.6 is 0 Å². The van der Waals surface area contributed by atoms with Crippen molar-refractivity contribution in [2.75, 3.05) is 24.6 Å². The molecule has 0 radical (unpaired) electrons. The van der Waals surface area contributed by atoms with Crippen LogP contribution in [-0.2, 0) is 9.53 Å². The van der Waals surface area contributed by atoms with Crippen LogP contribution in [0, 0.1) is 19.7 Å². The van der Waals surface area contributed by atoms with Gasteiger partial charge in [0.2, 0.25) is 0 Å². The molecule has 1 heterocycles. The average molecular weight is 356 g/mol. The summed E-state index contributed by atoms with van der Waals surface area (Å²) in [7, 11) is 0. The van der Waals surface area contributed by atoms with Crippen molar-refractivity contribution >= 4 is 17.5 Å². The molecule has 2 aromatic carbocycles. The molecule has 0 saturated carbocycles. The minimum absolute atomic E-state index is 0.00889. The van der Waals surface area contributed by atoms with Gasteiger partial charge in [0.05, 0.1) is 18.2 Å². The maximum atomic E-state index is 13.7. The Labute approximate surface area is 151 Å². The highest BCUT2D eigenvalue weighted by Crippen LogP contribution is 2.21. The Hall–Kier alpha value is -2.73. The van der Waals surface area contributed by atoms with Crippen molar-refractivity contribution in [3.63, 3.8) is 0 Å². The summed E-state index contributed by atoms with van der Waals surface area (Å²) in [4.78, 5) is 26.0. The number of carbonyl (C=O) groups is 2. The quantitative estimate of drug-likeness (QED) is 0.916. The fourth-order valence-electron chi connectivity index (χ4n) is 2.84. The second-order valence-corrected chi connectivity index (χ2v) is 6.40. The van der Waals surface area contributed by atoms with Crippen molar-refractivity contribution in [2.45, 2.75) is 20.0 Å². The van der Waals surface area contributed by atoms with Crippen LogP contribution in [0.25, 0.3) is 0 Å². The van der Waals surface area contributed by atoms with Crippen LogP contribution in [0.2, 0.25) is 0 Å². The van der Waals surface area contributed by atoms with Crippen LogP contribution in [0.15, 0.2) is 42.5 Å². The van der Waals surface area contributed by atoms with Gasteiger partial charge >= 0.3 is 0 Å². The zero-order chi connectivity index (χ0) is 18.7. The lowest BCUT2D eigenvalue weighted by Gasteiger charge is -2.33. The lowest BCUT2D eigenvalue weighted by atomic mass is 10.1. The van der Waals surface area contributed by atoms with Crippen molar-refractivity contribution < 1.29 is 18.7 Å². The van der Waals surface area contributed by atoms with Crippen molar-refractivity contribution in [3.8, 4) is 0 Å². The van der Waals surface area contributed by atoms with Crippen molar-refractivity contribution in [1.29, 1.82) is 0 Å². The van der Waals surface area contributed by atoms with Crippen LogP contribution in [0.5, 0.6) is 0 Å². The number of aryl methyl sites for hydroxylation is 2. The fourth-order valence-corrected chi connectivity index (χ4v) is 2.84. The number of benzene rings is 2. The largest absolute Gasteiger partial charge is 0.365 e. The van der Waals surface area contributed by atoms with E-state index >= 15 is 0 Å². The Balaban J connectivity index is 1.64. The number of hydrogen-bond acceptors (Lipinski definition) is 3. The molecule has 6 heteroatoms. The second-order valence-electron chi connectivity index (χ2n) is 6.40. The first kappa shape index (κ1) is 18.1. The molecule has 2 amide bonds. The van der Waals surface area contributed by atoms with E-state index < -0.39 is 11.7 Å². The summed E-state index contributed by atoms with van der Waals surface area (Å²) in [6.07, 6.45) is -0.356. The van der Waals surface area contributed by atoms with Gasteiger partial charge in [0.25, 0.3) is 11.8 Å². The second kappa shape index (κ2) is 7.66. The Morgan fingerprint density at radius 3 is 2.73 bits per heavy atom. The van der Waals surface area contributed by atoms with Gasteiger partial charge in [-0.25, -0.2) is 4.39 Å². The molecule has 0 bridgehead atoms. The lowest BCUT2D eigenvalue weighted by Crippen LogP contribution is -2.50. The maximum Gasteiger partial charge on any atom is 0.254 e. The van der Waals surface area contributed by atoms with Crippen molar-refractivity contribution in [2.24, 2.45) is 0 Å². The molecule has 0 spiro atoms. The van der Waals surface area contributed by atoms with Gasteiger partial charge in [-0.3, -0.25) is 9.59 Å². The molecule has 1 fully saturated rings. The van der Waals surface area contributed by atoms with Crippen LogP contribution < -0.4 is 10.2 Å². The van der Waals surface area contributed by atoms with E-state index in [0.29, 0.717) is 6.54 Å². The molecule has 1 N–H and O–H groups in total. The van der Waals surface area contributed by atoms with E-state index in [1.54, 1.807) is 11.0 Å². The lowest BCUT2D eigenvalue weighted by molar-refractivity contribution is -0.129. The Bertz CT molecular complexity index is 838. The topological polar surface area (TPSA) is 58.6 Å². The monoisotopic (exact) mass is 356 g/mol. The highest BCUT2D eigenvalue weighted by molar-refractivity contribution is 5.95. The molecule has 5 nitrogen and oxygen atoms in total. The zero-order valence-electron chi connectivity index (χ0n) is 14.8. The number of nitrogens with zero attached hydrogens (tertiary/aromatic N) is 1. The highest BCUT2D eigenvalue weighted by Gasteiger charge is 2.28. The molecule has 0 aromatic heterocycles. The summed E-state index contributed by atoms with van der Waals surface area (Å²) in [6.45, 7) is 4.49. The van der Waals surface area contributed by atoms with E-state index in [1.165, 1.54) is 18.2 Å². The molecular formula is C20H21FN2O3. The standard InChI is InChI=1S/C20H21FN2O3/c1-13-7-8-15(9-14(13)2)23-11-16(26-12-19(23)24)10-22-20(25)17-5-3-4-6-18(17)21/h3-9,16H,10-12H2,1-2H3,(H,22,25). The SMILES string of the molecule is Cc1ccc(N2CC(CNC(=O)c3ccccc3F)OCC2=O)cc1C. The molecule has 3 rings (SSSR count). The summed E-state index contributed by atoms with van der Waals surface area (Å²) < 4.78 is 19.2. The molecule has 0 aliphatic carbocycles. The first-order valence-corrected chi connectivity index (χ1v) is 8.47. The van der Waals surface area contributed by atoms with Crippen LogP contribution in [-0.4, -0.2) is 37.6 Å². The van der Waals surface area contributed by atoms with E-state index in [4.69, 9.17) is 4.74 Å². The Morgan fingerprint density at radius 2 is 2.00 bits per heavy atom. The Morgan fingerprint density at radius 1 is 1.23 bits per heavy atom. The number of rotatable bonds is 4. The highest BCUT2D eigenvalue weighted by atomic mass is 19.1. The first-order valence-electron chi connectivity index (χ1n) is 8.47. The van der Waals surface area contributed by atoms with E-state index in [0.717, 1.165) is 16.8 Å². The molecule has 136 valence electrons. The average Bonchev–Trinajstić information content (AvgIpc) is 2.63. The van der Waals surface area contributed by atoms with Crippen LogP contribution in [0.3, 0.4) is 0 Å². The summed E-state index contributed by atoms with van der Waals surface area (Å²) in [5.74, 6) is -1.19. The molecule has 2 aromatic rings. The smallest absolute Gasteiger partial charge is 0.254 e. The summed E-state index contributed by atoms with van der Waals surface area (Å²) >= 11 is 0. The predicted molar refractivity (Wildman–Crippen MR) is 96.7 cm³/mol. The minimum Gasteiger partial charge on any atom is -0.365 e.